The summed E-state index contributed by atoms with van der Waals surface area (Å²) in [6, 6.07) is 76.3. The molecule has 9 aromatic carbocycles. The van der Waals surface area contributed by atoms with Crippen LogP contribution in [0.15, 0.2) is 206 Å². The Hall–Kier alpha value is -6.96. The van der Waals surface area contributed by atoms with E-state index in [4.69, 9.17) is 0 Å². The Labute approximate surface area is 322 Å². The van der Waals surface area contributed by atoms with E-state index in [0.29, 0.717) is 0 Å². The fourth-order valence-corrected chi connectivity index (χ4v) is 9.49. The predicted octanol–water partition coefficient (Wildman–Crippen LogP) is 14.3. The van der Waals surface area contributed by atoms with Gasteiger partial charge in [-0.3, -0.25) is 0 Å². The first-order valence-electron chi connectivity index (χ1n) is 19.2. The van der Waals surface area contributed by atoms with Gasteiger partial charge in [-0.25, -0.2) is 0 Å². The molecule has 0 amide bonds. The van der Waals surface area contributed by atoms with Crippen molar-refractivity contribution in [1.82, 2.24) is 0 Å². The number of hydrogen-bond acceptors (Lipinski definition) is 1. The van der Waals surface area contributed by atoms with Crippen molar-refractivity contribution < 1.29 is 0 Å². The molecule has 258 valence electrons. The van der Waals surface area contributed by atoms with Crippen molar-refractivity contribution in [2.75, 3.05) is 4.90 Å². The Kier molecular flexibility index (Phi) is 7.06. The second-order valence-corrected chi connectivity index (χ2v) is 14.9. The monoisotopic (exact) mass is 699 g/mol. The van der Waals surface area contributed by atoms with E-state index in [9.17, 15) is 0 Å². The fourth-order valence-electron chi connectivity index (χ4n) is 9.49. The number of benzene rings is 9. The summed E-state index contributed by atoms with van der Waals surface area (Å²) in [7, 11) is 0. The minimum Gasteiger partial charge on any atom is -0.310 e. The van der Waals surface area contributed by atoms with Crippen LogP contribution in [0, 0.1) is 6.92 Å². The van der Waals surface area contributed by atoms with Gasteiger partial charge >= 0.3 is 0 Å². The summed E-state index contributed by atoms with van der Waals surface area (Å²) in [5, 5.41) is 2.52. The summed E-state index contributed by atoms with van der Waals surface area (Å²) >= 11 is 0. The van der Waals surface area contributed by atoms with Gasteiger partial charge in [-0.2, -0.15) is 0 Å². The third kappa shape index (κ3) is 4.73. The lowest BCUT2D eigenvalue weighted by Gasteiger charge is -2.32. The average Bonchev–Trinajstić information content (AvgIpc) is 3.72. The van der Waals surface area contributed by atoms with Crippen molar-refractivity contribution in [2.24, 2.45) is 0 Å². The molecule has 0 heterocycles. The first-order valence-corrected chi connectivity index (χ1v) is 19.2. The van der Waals surface area contributed by atoms with E-state index in [-0.39, 0.29) is 5.41 Å². The lowest BCUT2D eigenvalue weighted by atomic mass is 9.69. The summed E-state index contributed by atoms with van der Waals surface area (Å²) in [5.41, 5.74) is 19.9. The number of anilines is 3. The van der Waals surface area contributed by atoms with Crippen LogP contribution in [0.3, 0.4) is 0 Å². The van der Waals surface area contributed by atoms with E-state index in [0.717, 1.165) is 17.1 Å². The molecule has 0 bridgehead atoms. The normalized spacial score (nSPS) is 13.0. The van der Waals surface area contributed by atoms with Crippen LogP contribution in [0.1, 0.15) is 27.8 Å². The molecule has 11 rings (SSSR count). The molecule has 1 spiro atoms. The highest BCUT2D eigenvalue weighted by atomic mass is 15.1. The molecule has 0 atom stereocenters. The highest BCUT2D eigenvalue weighted by molar-refractivity contribution is 6.05. The number of fused-ring (bicyclic) bond motifs is 12. The van der Waals surface area contributed by atoms with E-state index in [2.05, 4.69) is 218 Å². The standard InChI is InChI=1S/C54H37N/c1-36-19-21-38(22-20-36)40-25-30-43(31-26-40)55(42-28-23-39(24-29-42)37-11-3-2-4-12-37)44-32-34-45-41(35-44)27-33-49-48-15-7-10-18-52(48)54(53(45)49)50-16-8-5-13-46(50)47-14-6-9-17-51(47)54/h2-35H,1H3. The van der Waals surface area contributed by atoms with Crippen LogP contribution in [0.25, 0.3) is 55.3 Å². The number of rotatable bonds is 5. The van der Waals surface area contributed by atoms with Crippen molar-refractivity contribution in [3.63, 3.8) is 0 Å². The summed E-state index contributed by atoms with van der Waals surface area (Å²) in [6.45, 7) is 2.13. The molecule has 0 N–H and O–H groups in total. The Morgan fingerprint density at radius 2 is 0.782 bits per heavy atom. The molecule has 2 aliphatic carbocycles. The molecule has 0 aromatic heterocycles. The van der Waals surface area contributed by atoms with Gasteiger partial charge < -0.3 is 4.90 Å². The Balaban J connectivity index is 1.10. The topological polar surface area (TPSA) is 3.24 Å². The second kappa shape index (κ2) is 12.3. The van der Waals surface area contributed by atoms with E-state index in [1.54, 1.807) is 0 Å². The SMILES string of the molecule is Cc1ccc(-c2ccc(N(c3ccc(-c4ccccc4)cc3)c3ccc4c5c(ccc4c3)-c3ccccc3C53c4ccccc4-c4ccccc43)cc2)cc1. The van der Waals surface area contributed by atoms with Crippen LogP contribution in [0.5, 0.6) is 0 Å². The van der Waals surface area contributed by atoms with Gasteiger partial charge in [-0.05, 0) is 121 Å². The summed E-state index contributed by atoms with van der Waals surface area (Å²) in [5.74, 6) is 0. The van der Waals surface area contributed by atoms with Crippen molar-refractivity contribution in [1.29, 1.82) is 0 Å². The van der Waals surface area contributed by atoms with E-state index in [1.165, 1.54) is 83.1 Å². The predicted molar refractivity (Wildman–Crippen MR) is 231 cm³/mol. The molecule has 0 aliphatic heterocycles. The van der Waals surface area contributed by atoms with Crippen LogP contribution in [-0.2, 0) is 5.41 Å². The maximum atomic E-state index is 2.39. The zero-order chi connectivity index (χ0) is 36.5. The Morgan fingerprint density at radius 3 is 1.33 bits per heavy atom. The molecule has 0 saturated carbocycles. The number of aryl methyl sites for hydroxylation is 1. The van der Waals surface area contributed by atoms with Crippen molar-refractivity contribution in [3.8, 4) is 44.5 Å². The van der Waals surface area contributed by atoms with Gasteiger partial charge in [0, 0.05) is 17.1 Å². The number of nitrogens with zero attached hydrogens (tertiary/aromatic N) is 1. The summed E-state index contributed by atoms with van der Waals surface area (Å²) in [4.78, 5) is 2.39. The van der Waals surface area contributed by atoms with E-state index >= 15 is 0 Å². The van der Waals surface area contributed by atoms with Gasteiger partial charge in [0.25, 0.3) is 0 Å². The van der Waals surface area contributed by atoms with Crippen LogP contribution in [-0.4, -0.2) is 0 Å². The molecular formula is C54H37N. The van der Waals surface area contributed by atoms with Crippen LogP contribution < -0.4 is 4.90 Å². The quantitative estimate of drug-likeness (QED) is 0.173. The van der Waals surface area contributed by atoms with Crippen molar-refractivity contribution in [3.05, 3.63) is 234 Å². The van der Waals surface area contributed by atoms with Gasteiger partial charge in [-0.15, -0.1) is 0 Å². The largest absolute Gasteiger partial charge is 0.310 e. The van der Waals surface area contributed by atoms with Crippen molar-refractivity contribution >= 4 is 27.8 Å². The first kappa shape index (κ1) is 31.6. The molecule has 9 aromatic rings. The van der Waals surface area contributed by atoms with E-state index < -0.39 is 0 Å². The third-order valence-electron chi connectivity index (χ3n) is 12.0. The Bertz CT molecular complexity index is 2840. The molecule has 0 fully saturated rings. The Morgan fingerprint density at radius 1 is 0.345 bits per heavy atom. The van der Waals surface area contributed by atoms with Crippen LogP contribution in [0.4, 0.5) is 17.1 Å². The fraction of sp³-hybridized carbons (Fsp3) is 0.0370. The molecule has 0 unspecified atom stereocenters. The minimum atomic E-state index is -0.390. The maximum Gasteiger partial charge on any atom is 0.0731 e. The third-order valence-corrected chi connectivity index (χ3v) is 12.0. The second-order valence-electron chi connectivity index (χ2n) is 14.9. The average molecular weight is 700 g/mol. The lowest BCUT2D eigenvalue weighted by molar-refractivity contribution is 0.801. The molecular weight excluding hydrogens is 663 g/mol. The van der Waals surface area contributed by atoms with Crippen LogP contribution in [0.2, 0.25) is 0 Å². The maximum absolute atomic E-state index is 2.39. The minimum absolute atomic E-state index is 0.390. The van der Waals surface area contributed by atoms with Gasteiger partial charge in [-0.1, -0.05) is 175 Å². The zero-order valence-corrected chi connectivity index (χ0v) is 30.6. The molecule has 55 heavy (non-hydrogen) atoms. The summed E-state index contributed by atoms with van der Waals surface area (Å²) < 4.78 is 0. The van der Waals surface area contributed by atoms with Gasteiger partial charge in [0.1, 0.15) is 0 Å². The van der Waals surface area contributed by atoms with Gasteiger partial charge in [0.2, 0.25) is 0 Å². The van der Waals surface area contributed by atoms with Crippen molar-refractivity contribution in [2.45, 2.75) is 12.3 Å². The molecule has 0 saturated heterocycles. The highest BCUT2D eigenvalue weighted by Crippen LogP contribution is 2.64. The lowest BCUT2D eigenvalue weighted by Crippen LogP contribution is -2.26. The van der Waals surface area contributed by atoms with Gasteiger partial charge in [0.05, 0.1) is 5.41 Å². The molecule has 0 radical (unpaired) electrons. The zero-order valence-electron chi connectivity index (χ0n) is 30.6. The number of hydrogen-bond donors (Lipinski definition) is 0. The highest BCUT2D eigenvalue weighted by Gasteiger charge is 2.52. The van der Waals surface area contributed by atoms with Crippen LogP contribution >= 0.6 is 0 Å². The summed E-state index contributed by atoms with van der Waals surface area (Å²) in [6.07, 6.45) is 0. The van der Waals surface area contributed by atoms with E-state index in [1.807, 2.05) is 0 Å². The molecule has 1 heteroatoms. The molecule has 1 nitrogen and oxygen atoms in total. The molecule has 2 aliphatic rings. The first-order chi connectivity index (χ1) is 27.2. The smallest absolute Gasteiger partial charge is 0.0731 e. The van der Waals surface area contributed by atoms with Gasteiger partial charge in [0.15, 0.2) is 0 Å².